The second-order valence-corrected chi connectivity index (χ2v) is 27.4. The van der Waals surface area contributed by atoms with Crippen molar-refractivity contribution in [3.05, 3.63) is 170 Å². The first-order valence-corrected chi connectivity index (χ1v) is 39.4. The van der Waals surface area contributed by atoms with E-state index in [2.05, 4.69) is 184 Å². The summed E-state index contributed by atoms with van der Waals surface area (Å²) in [6.07, 6.45) is 110. The van der Waals surface area contributed by atoms with E-state index in [0.717, 1.165) is 128 Å². The van der Waals surface area contributed by atoms with Crippen molar-refractivity contribution >= 4 is 19.8 Å². The average Bonchev–Trinajstić information content (AvgIpc) is 1.57. The molecule has 94 heavy (non-hydrogen) atoms. The van der Waals surface area contributed by atoms with Crippen molar-refractivity contribution in [3.63, 3.8) is 0 Å². The van der Waals surface area contributed by atoms with Gasteiger partial charge in [-0.1, -0.05) is 319 Å². The minimum atomic E-state index is -4.41. The summed E-state index contributed by atoms with van der Waals surface area (Å²) in [5, 5.41) is 0. The van der Waals surface area contributed by atoms with Crippen molar-refractivity contribution in [2.24, 2.45) is 0 Å². The minimum absolute atomic E-state index is 0.0215. The van der Waals surface area contributed by atoms with Crippen LogP contribution in [0.1, 0.15) is 296 Å². The predicted octanol–water partition coefficient (Wildman–Crippen LogP) is 25.3. The zero-order valence-corrected chi connectivity index (χ0v) is 61.8. The smallest absolute Gasteiger partial charge is 0.462 e. The molecule has 2 atom stereocenters. The summed E-state index contributed by atoms with van der Waals surface area (Å²) in [4.78, 5) is 35.9. The number of hydrogen-bond donors (Lipinski definition) is 1. The quantitative estimate of drug-likeness (QED) is 0.0211. The van der Waals surface area contributed by atoms with Crippen LogP contribution in [0.4, 0.5) is 0 Å². The van der Waals surface area contributed by atoms with Gasteiger partial charge in [-0.15, -0.1) is 0 Å². The number of hydrogen-bond acceptors (Lipinski definition) is 7. The molecule has 0 fully saturated rings. The number of carbonyl (C=O) groups is 2. The maximum atomic E-state index is 12.9. The highest BCUT2D eigenvalue weighted by Crippen LogP contribution is 2.43. The summed E-state index contributed by atoms with van der Waals surface area (Å²) in [7, 11) is 1.45. The van der Waals surface area contributed by atoms with E-state index in [9.17, 15) is 19.0 Å². The Hall–Kier alpha value is -4.63. The molecule has 0 aromatic rings. The van der Waals surface area contributed by atoms with Crippen LogP contribution in [0.3, 0.4) is 0 Å². The Morgan fingerprint density at radius 3 is 0.904 bits per heavy atom. The van der Waals surface area contributed by atoms with Crippen LogP contribution in [-0.4, -0.2) is 74.9 Å². The highest BCUT2D eigenvalue weighted by Gasteiger charge is 2.27. The maximum absolute atomic E-state index is 12.9. The first kappa shape index (κ1) is 89.4. The third-order valence-electron chi connectivity index (χ3n) is 15.7. The van der Waals surface area contributed by atoms with Crippen LogP contribution in [-0.2, 0) is 32.7 Å². The van der Waals surface area contributed by atoms with Crippen molar-refractivity contribution in [3.8, 4) is 0 Å². The molecule has 0 rings (SSSR count). The number of rotatable bonds is 68. The van der Waals surface area contributed by atoms with E-state index in [1.165, 1.54) is 135 Å². The SMILES string of the molecule is CC/C=C\C/C=C\C/C=C\C/C=C\C/C=C\C/C=C\C/C=C\C/C=C\C/C=C\C/C=C\C/C=C\CCCCCCCCCC(=O)OC(COC(=O)CCCCCCCCCCCCCCCC/C=C\C/C=C\C/C=C\CCCCCCC)COP(=O)(O)OCC[N+](C)(C)C. The average molecular weight is 1320 g/mol. The first-order valence-electron chi connectivity index (χ1n) is 37.9. The van der Waals surface area contributed by atoms with Crippen LogP contribution < -0.4 is 0 Å². The molecule has 0 amide bonds. The summed E-state index contributed by atoms with van der Waals surface area (Å²) in [5.74, 6) is -0.815. The van der Waals surface area contributed by atoms with Gasteiger partial charge in [0.25, 0.3) is 0 Å². The number of likely N-dealkylation sites (N-methyl/N-ethyl adjacent to an activating group) is 1. The Labute approximate surface area is 578 Å². The van der Waals surface area contributed by atoms with Gasteiger partial charge < -0.3 is 18.9 Å². The van der Waals surface area contributed by atoms with Gasteiger partial charge in [0.05, 0.1) is 27.7 Å². The summed E-state index contributed by atoms with van der Waals surface area (Å²) < 4.78 is 34.7. The molecule has 2 unspecified atom stereocenters. The van der Waals surface area contributed by atoms with Gasteiger partial charge in [0.15, 0.2) is 6.10 Å². The van der Waals surface area contributed by atoms with Crippen molar-refractivity contribution < 1.29 is 42.1 Å². The van der Waals surface area contributed by atoms with Crippen LogP contribution in [0, 0.1) is 0 Å². The number of phosphoric acid groups is 1. The first-order chi connectivity index (χ1) is 46.0. The Kier molecular flexibility index (Phi) is 69.1. The van der Waals surface area contributed by atoms with Gasteiger partial charge in [0.1, 0.15) is 19.8 Å². The van der Waals surface area contributed by atoms with Gasteiger partial charge in [-0.2, -0.15) is 0 Å². The highest BCUT2D eigenvalue weighted by molar-refractivity contribution is 7.47. The Morgan fingerprint density at radius 2 is 0.606 bits per heavy atom. The molecular weight excluding hydrogens is 1180 g/mol. The summed E-state index contributed by atoms with van der Waals surface area (Å²) >= 11 is 0. The number of quaternary nitrogens is 1. The van der Waals surface area contributed by atoms with Crippen molar-refractivity contribution in [1.82, 2.24) is 0 Å². The lowest BCUT2D eigenvalue weighted by atomic mass is 10.0. The summed E-state index contributed by atoms with van der Waals surface area (Å²) in [5.41, 5.74) is 0. The van der Waals surface area contributed by atoms with Gasteiger partial charge in [0, 0.05) is 12.8 Å². The second kappa shape index (κ2) is 72.6. The molecule has 0 aromatic heterocycles. The molecule has 10 heteroatoms. The molecule has 1 N–H and O–H groups in total. The fraction of sp³-hybridized carbons (Fsp3) is 0.643. The van der Waals surface area contributed by atoms with Crippen LogP contribution in [0.25, 0.3) is 0 Å². The molecule has 0 spiro atoms. The van der Waals surface area contributed by atoms with E-state index in [4.69, 9.17) is 18.5 Å². The fourth-order valence-corrected chi connectivity index (χ4v) is 10.7. The molecule has 0 bridgehead atoms. The summed E-state index contributed by atoms with van der Waals surface area (Å²) in [6.45, 7) is 4.30. The Bertz CT molecular complexity index is 2200. The van der Waals surface area contributed by atoms with Gasteiger partial charge in [-0.25, -0.2) is 4.57 Å². The third kappa shape index (κ3) is 76.4. The number of phosphoric ester groups is 1. The van der Waals surface area contributed by atoms with Crippen LogP contribution in [0.2, 0.25) is 0 Å². The number of esters is 2. The van der Waals surface area contributed by atoms with Crippen molar-refractivity contribution in [2.45, 2.75) is 302 Å². The standard InChI is InChI=1S/C84H140NO8P/c1-6-8-10-12-14-16-18-20-22-24-26-28-30-32-34-36-37-38-39-40-41-42-43-44-45-46-47-49-51-53-55-57-59-61-63-65-67-69-71-73-75-77-84(87)93-82(81-92-94(88,89)91-79-78-85(3,4)5)80-90-83(86)76-74-72-70-68-66-64-62-60-58-56-54-52-50-48-35-33-31-29-27-25-23-21-19-17-15-13-11-9-7-2/h8,10,14,16,19-22,25-28,31-34,37-38,40-41,43-44,46-47,51,53,57,59,82H,6-7,9,11-13,15,17-18,23-24,29-30,35-36,39,42,45,48-50,52,54-56,58,60-81H2,1-5H3/p+1/b10-8-,16-14-,21-19-,22-20-,27-25-,28-26-,33-31-,34-32-,38-37-,41-40-,44-43-,47-46-,53-51-,59-57-. The van der Waals surface area contributed by atoms with Crippen LogP contribution in [0.5, 0.6) is 0 Å². The van der Waals surface area contributed by atoms with Gasteiger partial charge in [-0.3, -0.25) is 18.6 Å². The molecule has 0 saturated heterocycles. The Morgan fingerprint density at radius 1 is 0.340 bits per heavy atom. The molecule has 534 valence electrons. The lowest BCUT2D eigenvalue weighted by Crippen LogP contribution is -2.37. The van der Waals surface area contributed by atoms with E-state index in [-0.39, 0.29) is 32.0 Å². The molecule has 0 radical (unpaired) electrons. The molecule has 9 nitrogen and oxygen atoms in total. The zero-order valence-electron chi connectivity index (χ0n) is 60.9. The van der Waals surface area contributed by atoms with Gasteiger partial charge >= 0.3 is 19.8 Å². The van der Waals surface area contributed by atoms with Crippen molar-refractivity contribution in [2.75, 3.05) is 47.5 Å². The number of allylic oxidation sites excluding steroid dienone is 28. The number of ether oxygens (including phenoxy) is 2. The normalized spacial score (nSPS) is 14.1. The predicted molar refractivity (Wildman–Crippen MR) is 408 cm³/mol. The van der Waals surface area contributed by atoms with E-state index in [1.807, 2.05) is 21.1 Å². The maximum Gasteiger partial charge on any atom is 0.472 e. The molecule has 0 aliphatic heterocycles. The number of unbranched alkanes of at least 4 members (excludes halogenated alkanes) is 26. The monoisotopic (exact) mass is 1320 g/mol. The minimum Gasteiger partial charge on any atom is -0.462 e. The lowest BCUT2D eigenvalue weighted by molar-refractivity contribution is -0.870. The molecule has 0 saturated carbocycles. The van der Waals surface area contributed by atoms with Crippen LogP contribution in [0.15, 0.2) is 170 Å². The van der Waals surface area contributed by atoms with E-state index < -0.39 is 26.5 Å². The highest BCUT2D eigenvalue weighted by atomic mass is 31.2. The number of nitrogens with zero attached hydrogens (tertiary/aromatic N) is 1. The molecular formula is C84H141NO8P+. The molecule has 0 heterocycles. The molecule has 0 aromatic carbocycles. The molecule has 0 aliphatic carbocycles. The lowest BCUT2D eigenvalue weighted by Gasteiger charge is -2.24. The second-order valence-electron chi connectivity index (χ2n) is 25.9. The van der Waals surface area contributed by atoms with Crippen LogP contribution >= 0.6 is 7.82 Å². The van der Waals surface area contributed by atoms with Gasteiger partial charge in [0.2, 0.25) is 0 Å². The Balaban J connectivity index is 4.11. The van der Waals surface area contributed by atoms with Gasteiger partial charge in [-0.05, 0) is 135 Å². The summed E-state index contributed by atoms with van der Waals surface area (Å²) in [6, 6.07) is 0. The largest absolute Gasteiger partial charge is 0.472 e. The fourth-order valence-electron chi connectivity index (χ4n) is 9.97. The third-order valence-corrected chi connectivity index (χ3v) is 16.7. The zero-order chi connectivity index (χ0) is 68.3. The topological polar surface area (TPSA) is 108 Å². The van der Waals surface area contributed by atoms with E-state index in [1.54, 1.807) is 0 Å². The number of carbonyl (C=O) groups excluding carboxylic acids is 2. The van der Waals surface area contributed by atoms with E-state index in [0.29, 0.717) is 17.4 Å². The van der Waals surface area contributed by atoms with Crippen molar-refractivity contribution in [1.29, 1.82) is 0 Å². The van der Waals surface area contributed by atoms with E-state index >= 15 is 0 Å². The molecule has 0 aliphatic rings.